The van der Waals surface area contributed by atoms with Crippen molar-refractivity contribution >= 4 is 5.91 Å². The van der Waals surface area contributed by atoms with Gasteiger partial charge in [-0.15, -0.1) is 0 Å². The van der Waals surface area contributed by atoms with Gasteiger partial charge in [-0.05, 0) is 30.7 Å². The number of hydrogen-bond acceptors (Lipinski definition) is 4. The quantitative estimate of drug-likeness (QED) is 0.897. The second-order valence-electron chi connectivity index (χ2n) is 5.76. The van der Waals surface area contributed by atoms with Gasteiger partial charge in [0.25, 0.3) is 0 Å². The van der Waals surface area contributed by atoms with Crippen LogP contribution in [-0.4, -0.2) is 67.8 Å². The molecular formula is C16H24N2O3. The van der Waals surface area contributed by atoms with Gasteiger partial charge in [-0.25, -0.2) is 0 Å². The number of nitrogens with zero attached hydrogens (tertiary/aromatic N) is 2. The molecule has 0 bridgehead atoms. The fourth-order valence-electron chi connectivity index (χ4n) is 2.71. The minimum atomic E-state index is -0.442. The van der Waals surface area contributed by atoms with Gasteiger partial charge in [0.1, 0.15) is 5.75 Å². The van der Waals surface area contributed by atoms with Crippen LogP contribution in [-0.2, 0) is 4.79 Å². The largest absolute Gasteiger partial charge is 0.497 e. The molecule has 0 unspecified atom stereocenters. The first-order valence-electron chi connectivity index (χ1n) is 7.25. The number of benzene rings is 1. The number of aliphatic hydroxyl groups is 1. The second-order valence-corrected chi connectivity index (χ2v) is 5.76. The highest BCUT2D eigenvalue weighted by Gasteiger charge is 2.29. The molecule has 21 heavy (non-hydrogen) atoms. The van der Waals surface area contributed by atoms with Crippen molar-refractivity contribution in [3.05, 3.63) is 29.8 Å². The lowest BCUT2D eigenvalue weighted by atomic mass is 9.87. The summed E-state index contributed by atoms with van der Waals surface area (Å²) in [5, 5.41) is 10.4. The average Bonchev–Trinajstić information content (AvgIpc) is 2.47. The zero-order chi connectivity index (χ0) is 15.4. The van der Waals surface area contributed by atoms with E-state index in [2.05, 4.69) is 0 Å². The first kappa shape index (κ1) is 15.8. The Morgan fingerprint density at radius 2 is 2.05 bits per heavy atom. The summed E-state index contributed by atoms with van der Waals surface area (Å²) in [5.74, 6) is 1.02. The smallest absolute Gasteiger partial charge is 0.236 e. The summed E-state index contributed by atoms with van der Waals surface area (Å²) < 4.78 is 5.15. The van der Waals surface area contributed by atoms with E-state index in [0.717, 1.165) is 24.3 Å². The molecule has 1 aromatic carbocycles. The van der Waals surface area contributed by atoms with Crippen LogP contribution in [0, 0.1) is 0 Å². The number of carbonyl (C=O) groups is 1. The van der Waals surface area contributed by atoms with Crippen LogP contribution < -0.4 is 4.74 Å². The van der Waals surface area contributed by atoms with Gasteiger partial charge in [0.15, 0.2) is 0 Å². The Balaban J connectivity index is 1.95. The molecule has 1 saturated heterocycles. The Morgan fingerprint density at radius 1 is 1.38 bits per heavy atom. The van der Waals surface area contributed by atoms with Crippen LogP contribution in [0.5, 0.6) is 5.75 Å². The number of carbonyl (C=O) groups excluding carboxylic acids is 1. The van der Waals surface area contributed by atoms with Crippen molar-refractivity contribution in [2.45, 2.75) is 18.4 Å². The predicted octanol–water partition coefficient (Wildman–Crippen LogP) is 0.934. The number of β-amino-alcohol motifs (C(OH)–C–C–N with tert-alkyl or cyclic N) is 1. The molecule has 5 nitrogen and oxygen atoms in total. The number of methoxy groups -OCH3 is 1. The molecule has 1 heterocycles. The van der Waals surface area contributed by atoms with E-state index in [-0.39, 0.29) is 11.8 Å². The number of rotatable bonds is 4. The molecule has 1 aliphatic rings. The van der Waals surface area contributed by atoms with E-state index in [0.29, 0.717) is 13.1 Å². The summed E-state index contributed by atoms with van der Waals surface area (Å²) in [6.07, 6.45) is 0.413. The lowest BCUT2D eigenvalue weighted by Gasteiger charge is -2.36. The fraction of sp³-hybridized carbons (Fsp3) is 0.562. The second kappa shape index (κ2) is 6.91. The maximum Gasteiger partial charge on any atom is 0.236 e. The monoisotopic (exact) mass is 292 g/mol. The zero-order valence-electron chi connectivity index (χ0n) is 13.0. The Morgan fingerprint density at radius 3 is 2.57 bits per heavy atom. The Kier molecular flexibility index (Phi) is 5.20. The van der Waals surface area contributed by atoms with Gasteiger partial charge < -0.3 is 14.7 Å². The van der Waals surface area contributed by atoms with Gasteiger partial charge in [0, 0.05) is 26.6 Å². The van der Waals surface area contributed by atoms with E-state index >= 15 is 0 Å². The number of hydrogen-bond donors (Lipinski definition) is 1. The molecule has 1 fully saturated rings. The van der Waals surface area contributed by atoms with Crippen molar-refractivity contribution < 1.29 is 14.6 Å². The van der Waals surface area contributed by atoms with Crippen LogP contribution in [0.25, 0.3) is 0 Å². The van der Waals surface area contributed by atoms with Gasteiger partial charge in [-0.3, -0.25) is 9.69 Å². The Bertz CT molecular complexity index is 473. The number of aliphatic hydroxyl groups excluding tert-OH is 1. The van der Waals surface area contributed by atoms with Crippen molar-refractivity contribution in [2.75, 3.05) is 40.8 Å². The number of piperidine rings is 1. The lowest BCUT2D eigenvalue weighted by Crippen LogP contribution is -2.46. The minimum absolute atomic E-state index is 0.0742. The SMILES string of the molecule is COc1ccc([C@H]2CCN(CC(=O)N(C)C)C[C@H]2O)cc1. The predicted molar refractivity (Wildman–Crippen MR) is 81.5 cm³/mol. The van der Waals surface area contributed by atoms with E-state index < -0.39 is 6.10 Å². The molecule has 5 heteroatoms. The van der Waals surface area contributed by atoms with Crippen LogP contribution in [0.2, 0.25) is 0 Å². The maximum atomic E-state index is 11.7. The molecule has 0 radical (unpaired) electrons. The topological polar surface area (TPSA) is 53.0 Å². The molecule has 116 valence electrons. The fourth-order valence-corrected chi connectivity index (χ4v) is 2.71. The van der Waals surface area contributed by atoms with Gasteiger partial charge in [0.05, 0.1) is 19.8 Å². The van der Waals surface area contributed by atoms with Crippen LogP contribution in [0.3, 0.4) is 0 Å². The number of amides is 1. The zero-order valence-corrected chi connectivity index (χ0v) is 13.0. The molecule has 1 aliphatic heterocycles. The summed E-state index contributed by atoms with van der Waals surface area (Å²) in [6.45, 7) is 1.74. The van der Waals surface area contributed by atoms with Gasteiger partial charge in [-0.2, -0.15) is 0 Å². The normalized spacial score (nSPS) is 22.9. The third kappa shape index (κ3) is 3.95. The molecule has 1 amide bonds. The van der Waals surface area contributed by atoms with Crippen LogP contribution in [0.15, 0.2) is 24.3 Å². The summed E-state index contributed by atoms with van der Waals surface area (Å²) in [7, 11) is 5.15. The molecular weight excluding hydrogens is 268 g/mol. The molecule has 0 aliphatic carbocycles. The van der Waals surface area contributed by atoms with E-state index in [1.54, 1.807) is 26.1 Å². The third-order valence-corrected chi connectivity index (χ3v) is 4.07. The molecule has 0 spiro atoms. The molecule has 2 rings (SSSR count). The first-order chi connectivity index (χ1) is 10.0. The molecule has 2 atom stereocenters. The van der Waals surface area contributed by atoms with Crippen molar-refractivity contribution in [3.63, 3.8) is 0 Å². The maximum absolute atomic E-state index is 11.7. The van der Waals surface area contributed by atoms with E-state index in [4.69, 9.17) is 4.74 Å². The first-order valence-corrected chi connectivity index (χ1v) is 7.25. The number of likely N-dealkylation sites (tertiary alicyclic amines) is 1. The van der Waals surface area contributed by atoms with Crippen LogP contribution in [0.4, 0.5) is 0 Å². The van der Waals surface area contributed by atoms with Crippen molar-refractivity contribution in [1.29, 1.82) is 0 Å². The van der Waals surface area contributed by atoms with Gasteiger partial charge in [0.2, 0.25) is 5.91 Å². The summed E-state index contributed by atoms with van der Waals surface area (Å²) in [6, 6.07) is 7.86. The number of likely N-dealkylation sites (N-methyl/N-ethyl adjacent to an activating group) is 1. The third-order valence-electron chi connectivity index (χ3n) is 4.07. The standard InChI is InChI=1S/C16H24N2O3/c1-17(2)16(20)11-18-9-8-14(15(19)10-18)12-4-6-13(21-3)7-5-12/h4-7,14-15,19H,8-11H2,1-3H3/t14-,15-/m1/s1. The summed E-state index contributed by atoms with van der Waals surface area (Å²) >= 11 is 0. The highest BCUT2D eigenvalue weighted by molar-refractivity contribution is 5.77. The highest BCUT2D eigenvalue weighted by Crippen LogP contribution is 2.29. The highest BCUT2D eigenvalue weighted by atomic mass is 16.5. The van der Waals surface area contributed by atoms with Gasteiger partial charge in [-0.1, -0.05) is 12.1 Å². The van der Waals surface area contributed by atoms with E-state index in [1.807, 2.05) is 29.2 Å². The van der Waals surface area contributed by atoms with Crippen LogP contribution in [0.1, 0.15) is 17.9 Å². The van der Waals surface area contributed by atoms with Crippen molar-refractivity contribution in [2.24, 2.45) is 0 Å². The molecule has 1 N–H and O–H groups in total. The van der Waals surface area contributed by atoms with E-state index in [9.17, 15) is 9.90 Å². The minimum Gasteiger partial charge on any atom is -0.497 e. The van der Waals surface area contributed by atoms with E-state index in [1.165, 1.54) is 0 Å². The van der Waals surface area contributed by atoms with Crippen molar-refractivity contribution in [3.8, 4) is 5.75 Å². The Hall–Kier alpha value is -1.59. The summed E-state index contributed by atoms with van der Waals surface area (Å²) in [4.78, 5) is 15.3. The summed E-state index contributed by atoms with van der Waals surface area (Å²) in [5.41, 5.74) is 1.13. The van der Waals surface area contributed by atoms with Crippen molar-refractivity contribution in [1.82, 2.24) is 9.80 Å². The van der Waals surface area contributed by atoms with Crippen LogP contribution >= 0.6 is 0 Å². The molecule has 0 saturated carbocycles. The average molecular weight is 292 g/mol. The lowest BCUT2D eigenvalue weighted by molar-refractivity contribution is -0.130. The Labute approximate surface area is 126 Å². The molecule has 0 aromatic heterocycles. The number of ether oxygens (including phenoxy) is 1. The van der Waals surface area contributed by atoms with Gasteiger partial charge >= 0.3 is 0 Å². The molecule has 1 aromatic rings.